The summed E-state index contributed by atoms with van der Waals surface area (Å²) in [5.74, 6) is 1.19. The number of nitrogens with zero attached hydrogens (tertiary/aromatic N) is 4. The topological polar surface area (TPSA) is 60.2 Å². The third-order valence-electron chi connectivity index (χ3n) is 3.99. The molecule has 6 nitrogen and oxygen atoms in total. The van der Waals surface area contributed by atoms with Crippen molar-refractivity contribution in [3.63, 3.8) is 0 Å². The van der Waals surface area contributed by atoms with Gasteiger partial charge in [0.05, 0.1) is 0 Å². The van der Waals surface area contributed by atoms with Gasteiger partial charge in [0.2, 0.25) is 5.91 Å². The van der Waals surface area contributed by atoms with E-state index in [1.807, 2.05) is 33.9 Å². The fourth-order valence-corrected chi connectivity index (χ4v) is 2.87. The normalized spacial score (nSPS) is 18.4. The van der Waals surface area contributed by atoms with Crippen LogP contribution >= 0.6 is 0 Å². The smallest absolute Gasteiger partial charge is 0.248 e. The number of aromatic nitrogens is 3. The molecule has 1 atom stereocenters. The molecule has 1 amide bonds. The van der Waals surface area contributed by atoms with Crippen LogP contribution in [0.4, 0.5) is 0 Å². The van der Waals surface area contributed by atoms with Crippen LogP contribution in [0.5, 0.6) is 0 Å². The van der Waals surface area contributed by atoms with Crippen molar-refractivity contribution in [3.8, 4) is 5.82 Å². The number of imidazole rings is 1. The standard InChI is InChI=1S/C16H20N4O2/c1-22-11-16(21)19-8-3-4-13(10-19)14-5-2-6-15(18-14)20-9-7-17-12-20/h2,5-7,9,12-13H,3-4,8,10-11H2,1H3/t13-/m0/s1. The predicted octanol–water partition coefficient (Wildman–Crippen LogP) is 1.62. The van der Waals surface area contributed by atoms with E-state index in [0.717, 1.165) is 30.9 Å². The molecule has 116 valence electrons. The fourth-order valence-electron chi connectivity index (χ4n) is 2.87. The van der Waals surface area contributed by atoms with Crippen LogP contribution in [0.15, 0.2) is 36.9 Å². The van der Waals surface area contributed by atoms with E-state index in [4.69, 9.17) is 9.72 Å². The van der Waals surface area contributed by atoms with Gasteiger partial charge in [-0.3, -0.25) is 9.36 Å². The molecule has 3 heterocycles. The number of carbonyl (C=O) groups is 1. The maximum absolute atomic E-state index is 12.0. The average Bonchev–Trinajstić information content (AvgIpc) is 3.10. The Morgan fingerprint density at radius 1 is 1.45 bits per heavy atom. The van der Waals surface area contributed by atoms with Crippen LogP contribution in [0.1, 0.15) is 24.5 Å². The van der Waals surface area contributed by atoms with Crippen LogP contribution in [0.2, 0.25) is 0 Å². The number of ether oxygens (including phenoxy) is 1. The third-order valence-corrected chi connectivity index (χ3v) is 3.99. The molecule has 0 aliphatic carbocycles. The maximum Gasteiger partial charge on any atom is 0.248 e. The van der Waals surface area contributed by atoms with E-state index in [9.17, 15) is 4.79 Å². The van der Waals surface area contributed by atoms with Gasteiger partial charge in [-0.2, -0.15) is 0 Å². The van der Waals surface area contributed by atoms with Gasteiger partial charge in [0.1, 0.15) is 18.8 Å². The van der Waals surface area contributed by atoms with Crippen molar-refractivity contribution in [1.29, 1.82) is 0 Å². The maximum atomic E-state index is 12.0. The Bertz CT molecular complexity index is 627. The summed E-state index contributed by atoms with van der Waals surface area (Å²) < 4.78 is 6.84. The zero-order valence-corrected chi connectivity index (χ0v) is 12.7. The number of hydrogen-bond donors (Lipinski definition) is 0. The minimum atomic E-state index is 0.0537. The van der Waals surface area contributed by atoms with E-state index in [1.54, 1.807) is 19.6 Å². The minimum absolute atomic E-state index is 0.0537. The number of pyridine rings is 1. The van der Waals surface area contributed by atoms with Crippen LogP contribution < -0.4 is 0 Å². The van der Waals surface area contributed by atoms with Gasteiger partial charge >= 0.3 is 0 Å². The van der Waals surface area contributed by atoms with Crippen molar-refractivity contribution < 1.29 is 9.53 Å². The summed E-state index contributed by atoms with van der Waals surface area (Å²) in [6, 6.07) is 6.00. The number of methoxy groups -OCH3 is 1. The second-order valence-electron chi connectivity index (χ2n) is 5.50. The van der Waals surface area contributed by atoms with Crippen LogP contribution in [0.25, 0.3) is 5.82 Å². The van der Waals surface area contributed by atoms with Crippen molar-refractivity contribution in [2.24, 2.45) is 0 Å². The Balaban J connectivity index is 1.76. The van der Waals surface area contributed by atoms with Gasteiger partial charge in [0.25, 0.3) is 0 Å². The van der Waals surface area contributed by atoms with Crippen molar-refractivity contribution >= 4 is 5.91 Å². The SMILES string of the molecule is COCC(=O)N1CCC[C@H](c2cccc(-n3ccnc3)n2)C1. The van der Waals surface area contributed by atoms with E-state index in [0.29, 0.717) is 6.54 Å². The molecule has 0 saturated carbocycles. The molecule has 1 saturated heterocycles. The predicted molar refractivity (Wildman–Crippen MR) is 81.8 cm³/mol. The van der Waals surface area contributed by atoms with E-state index in [-0.39, 0.29) is 18.4 Å². The quantitative estimate of drug-likeness (QED) is 0.861. The second kappa shape index (κ2) is 6.70. The first-order valence-corrected chi connectivity index (χ1v) is 7.50. The van der Waals surface area contributed by atoms with E-state index < -0.39 is 0 Å². The summed E-state index contributed by atoms with van der Waals surface area (Å²) in [4.78, 5) is 22.7. The molecule has 1 aliphatic rings. The number of amides is 1. The minimum Gasteiger partial charge on any atom is -0.375 e. The summed E-state index contributed by atoms with van der Waals surface area (Å²) in [6.45, 7) is 1.66. The largest absolute Gasteiger partial charge is 0.375 e. The Morgan fingerprint density at radius 3 is 3.14 bits per heavy atom. The van der Waals surface area contributed by atoms with Gasteiger partial charge < -0.3 is 9.64 Å². The fraction of sp³-hybridized carbons (Fsp3) is 0.438. The average molecular weight is 300 g/mol. The first-order valence-electron chi connectivity index (χ1n) is 7.50. The molecule has 6 heteroatoms. The van der Waals surface area contributed by atoms with Crippen LogP contribution in [-0.4, -0.2) is 52.1 Å². The van der Waals surface area contributed by atoms with Crippen molar-refractivity contribution in [3.05, 3.63) is 42.6 Å². The molecule has 0 bridgehead atoms. The molecule has 0 unspecified atom stereocenters. The van der Waals surface area contributed by atoms with Gasteiger partial charge in [0, 0.05) is 44.2 Å². The molecule has 0 N–H and O–H groups in total. The summed E-state index contributed by atoms with van der Waals surface area (Å²) in [5.41, 5.74) is 1.03. The van der Waals surface area contributed by atoms with Crippen LogP contribution in [-0.2, 0) is 9.53 Å². The highest BCUT2D eigenvalue weighted by molar-refractivity contribution is 5.77. The van der Waals surface area contributed by atoms with E-state index >= 15 is 0 Å². The zero-order chi connectivity index (χ0) is 15.4. The first kappa shape index (κ1) is 14.7. The van der Waals surface area contributed by atoms with E-state index in [2.05, 4.69) is 4.98 Å². The van der Waals surface area contributed by atoms with Gasteiger partial charge in [-0.25, -0.2) is 9.97 Å². The molecule has 2 aromatic rings. The summed E-state index contributed by atoms with van der Waals surface area (Å²) in [5, 5.41) is 0. The molecule has 22 heavy (non-hydrogen) atoms. The van der Waals surface area contributed by atoms with Gasteiger partial charge in [-0.1, -0.05) is 6.07 Å². The second-order valence-corrected chi connectivity index (χ2v) is 5.50. The summed E-state index contributed by atoms with van der Waals surface area (Å²) in [7, 11) is 1.55. The molecule has 1 fully saturated rings. The first-order chi connectivity index (χ1) is 10.8. The third kappa shape index (κ3) is 3.17. The van der Waals surface area contributed by atoms with E-state index in [1.165, 1.54) is 0 Å². The van der Waals surface area contributed by atoms with Gasteiger partial charge in [-0.05, 0) is 25.0 Å². The molecular weight excluding hydrogens is 280 g/mol. The lowest BCUT2D eigenvalue weighted by molar-refractivity contribution is -0.136. The Labute approximate surface area is 129 Å². The molecule has 2 aromatic heterocycles. The van der Waals surface area contributed by atoms with Crippen molar-refractivity contribution in [2.75, 3.05) is 26.8 Å². The molecule has 0 radical (unpaired) electrons. The summed E-state index contributed by atoms with van der Waals surface area (Å²) in [6.07, 6.45) is 7.40. The lowest BCUT2D eigenvalue weighted by Crippen LogP contribution is -2.41. The Hall–Kier alpha value is -2.21. The highest BCUT2D eigenvalue weighted by Gasteiger charge is 2.25. The Kier molecular flexibility index (Phi) is 4.48. The highest BCUT2D eigenvalue weighted by atomic mass is 16.5. The van der Waals surface area contributed by atoms with Gasteiger partial charge in [0.15, 0.2) is 0 Å². The number of rotatable bonds is 4. The monoisotopic (exact) mass is 300 g/mol. The number of hydrogen-bond acceptors (Lipinski definition) is 4. The zero-order valence-electron chi connectivity index (χ0n) is 12.7. The Morgan fingerprint density at radius 2 is 2.36 bits per heavy atom. The summed E-state index contributed by atoms with van der Waals surface area (Å²) >= 11 is 0. The van der Waals surface area contributed by atoms with Crippen LogP contribution in [0, 0.1) is 0 Å². The molecule has 0 aromatic carbocycles. The lowest BCUT2D eigenvalue weighted by Gasteiger charge is -2.32. The molecule has 0 spiro atoms. The molecule has 3 rings (SSSR count). The van der Waals surface area contributed by atoms with Gasteiger partial charge in [-0.15, -0.1) is 0 Å². The highest BCUT2D eigenvalue weighted by Crippen LogP contribution is 2.26. The molecular formula is C16H20N4O2. The number of piperidine rings is 1. The van der Waals surface area contributed by atoms with Crippen molar-refractivity contribution in [1.82, 2.24) is 19.4 Å². The lowest BCUT2D eigenvalue weighted by atomic mass is 9.94. The number of carbonyl (C=O) groups excluding carboxylic acids is 1. The molecule has 1 aliphatic heterocycles. The number of likely N-dealkylation sites (tertiary alicyclic amines) is 1. The van der Waals surface area contributed by atoms with Crippen molar-refractivity contribution in [2.45, 2.75) is 18.8 Å². The van der Waals surface area contributed by atoms with Crippen LogP contribution in [0.3, 0.4) is 0 Å².